The van der Waals surface area contributed by atoms with E-state index in [2.05, 4.69) is 10.3 Å². The minimum absolute atomic E-state index is 0.0556. The number of aromatic nitrogens is 1. The van der Waals surface area contributed by atoms with E-state index in [0.29, 0.717) is 32.9 Å². The van der Waals surface area contributed by atoms with Crippen molar-refractivity contribution in [1.82, 2.24) is 4.98 Å². The maximum absolute atomic E-state index is 13.4. The molecule has 0 spiro atoms. The number of aryl methyl sites for hydroxylation is 1. The summed E-state index contributed by atoms with van der Waals surface area (Å²) in [4.78, 5) is 31.9. The summed E-state index contributed by atoms with van der Waals surface area (Å²) in [6.07, 6.45) is 0. The average Bonchev–Trinajstić information content (AvgIpc) is 3.40. The zero-order valence-corrected chi connectivity index (χ0v) is 19.0. The number of fused-ring (bicyclic) bond motifs is 1. The molecule has 2 heterocycles. The van der Waals surface area contributed by atoms with Gasteiger partial charge in [0.1, 0.15) is 11.3 Å². The van der Waals surface area contributed by atoms with Crippen LogP contribution in [0.2, 0.25) is 5.02 Å². The molecule has 162 valence electrons. The Labute approximate surface area is 198 Å². The molecule has 1 N–H and O–H groups in total. The van der Waals surface area contributed by atoms with Gasteiger partial charge in [0.15, 0.2) is 5.76 Å². The first-order chi connectivity index (χ1) is 16.0. The van der Waals surface area contributed by atoms with Crippen LogP contribution in [-0.2, 0) is 0 Å². The molecule has 0 saturated heterocycles. The molecule has 0 aliphatic rings. The van der Waals surface area contributed by atoms with Gasteiger partial charge in [-0.2, -0.15) is 0 Å². The second-order valence-corrected chi connectivity index (χ2v) is 9.01. The lowest BCUT2D eigenvalue weighted by atomic mass is 10.1. The third-order valence-corrected chi connectivity index (χ3v) is 6.40. The van der Waals surface area contributed by atoms with Crippen LogP contribution in [0.4, 0.5) is 5.69 Å². The van der Waals surface area contributed by atoms with Crippen LogP contribution in [-0.4, -0.2) is 16.7 Å². The highest BCUT2D eigenvalue weighted by molar-refractivity contribution is 7.15. The van der Waals surface area contributed by atoms with E-state index < -0.39 is 5.91 Å². The molecule has 0 fully saturated rings. The van der Waals surface area contributed by atoms with Crippen LogP contribution < -0.4 is 5.32 Å². The van der Waals surface area contributed by atoms with E-state index in [0.717, 1.165) is 15.4 Å². The third kappa shape index (κ3) is 4.06. The Hall–Kier alpha value is -3.74. The Morgan fingerprint density at radius 1 is 0.939 bits per heavy atom. The number of anilines is 1. The lowest BCUT2D eigenvalue weighted by molar-refractivity contribution is 0.101. The highest BCUT2D eigenvalue weighted by atomic mass is 35.5. The van der Waals surface area contributed by atoms with Gasteiger partial charge in [-0.15, -0.1) is 11.3 Å². The summed E-state index contributed by atoms with van der Waals surface area (Å²) in [7, 11) is 0. The molecule has 0 unspecified atom stereocenters. The third-order valence-electron chi connectivity index (χ3n) is 5.13. The van der Waals surface area contributed by atoms with E-state index >= 15 is 0 Å². The van der Waals surface area contributed by atoms with Crippen LogP contribution in [0.5, 0.6) is 0 Å². The number of amides is 1. The second kappa shape index (κ2) is 8.65. The van der Waals surface area contributed by atoms with E-state index in [4.69, 9.17) is 16.0 Å². The van der Waals surface area contributed by atoms with E-state index in [1.165, 1.54) is 11.3 Å². The summed E-state index contributed by atoms with van der Waals surface area (Å²) in [6, 6.07) is 23.3. The summed E-state index contributed by atoms with van der Waals surface area (Å²) in [5, 5.41) is 4.83. The summed E-state index contributed by atoms with van der Waals surface area (Å²) >= 11 is 7.41. The standard InChI is InChI=1S/C26H17ClN2O3S/c1-15-28-22(25(33-15)17-7-3-2-4-8-17)26(31)29-21-19-9-5-6-10-20(19)32-24(21)23(30)16-11-13-18(27)14-12-16/h2-14H,1H3,(H,29,31). The van der Waals surface area contributed by atoms with Crippen molar-refractivity contribution in [1.29, 1.82) is 0 Å². The molecular weight excluding hydrogens is 456 g/mol. The molecule has 0 aliphatic carbocycles. The number of halogens is 1. The zero-order valence-electron chi connectivity index (χ0n) is 17.5. The van der Waals surface area contributed by atoms with E-state index in [1.54, 1.807) is 36.4 Å². The van der Waals surface area contributed by atoms with Gasteiger partial charge in [-0.25, -0.2) is 4.98 Å². The van der Waals surface area contributed by atoms with Gasteiger partial charge in [-0.1, -0.05) is 54.1 Å². The molecule has 0 aliphatic heterocycles. The molecule has 0 atom stereocenters. The topological polar surface area (TPSA) is 72.2 Å². The fourth-order valence-electron chi connectivity index (χ4n) is 3.60. The molecular formula is C26H17ClN2O3S. The summed E-state index contributed by atoms with van der Waals surface area (Å²) in [5.74, 6) is -0.703. The SMILES string of the molecule is Cc1nc(C(=O)Nc2c(C(=O)c3ccc(Cl)cc3)oc3ccccc23)c(-c2ccccc2)s1. The number of benzene rings is 3. The van der Waals surface area contributed by atoms with Crippen LogP contribution in [0.1, 0.15) is 31.6 Å². The molecule has 0 saturated carbocycles. The van der Waals surface area contributed by atoms with Gasteiger partial charge >= 0.3 is 0 Å². The predicted octanol–water partition coefficient (Wildman–Crippen LogP) is 7.00. The smallest absolute Gasteiger partial charge is 0.275 e. The highest BCUT2D eigenvalue weighted by Gasteiger charge is 2.26. The van der Waals surface area contributed by atoms with E-state index in [9.17, 15) is 9.59 Å². The Balaban J connectivity index is 1.57. The Bertz CT molecular complexity index is 1490. The molecule has 33 heavy (non-hydrogen) atoms. The summed E-state index contributed by atoms with van der Waals surface area (Å²) in [5.41, 5.74) is 2.44. The van der Waals surface area contributed by atoms with Crippen LogP contribution in [0.3, 0.4) is 0 Å². The zero-order chi connectivity index (χ0) is 22.9. The van der Waals surface area contributed by atoms with Gasteiger partial charge in [0.25, 0.3) is 5.91 Å². The molecule has 7 heteroatoms. The normalized spacial score (nSPS) is 11.0. The van der Waals surface area contributed by atoms with Crippen molar-refractivity contribution in [3.05, 3.63) is 106 Å². The molecule has 2 aromatic heterocycles. The number of furan rings is 1. The van der Waals surface area contributed by atoms with Gasteiger partial charge in [-0.05, 0) is 48.9 Å². The fourth-order valence-corrected chi connectivity index (χ4v) is 4.65. The molecule has 0 radical (unpaired) electrons. The Morgan fingerprint density at radius 2 is 1.64 bits per heavy atom. The Kier molecular flexibility index (Phi) is 5.54. The number of carbonyl (C=O) groups excluding carboxylic acids is 2. The lowest BCUT2D eigenvalue weighted by Gasteiger charge is -2.07. The molecule has 3 aromatic carbocycles. The highest BCUT2D eigenvalue weighted by Crippen LogP contribution is 2.35. The van der Waals surface area contributed by atoms with Crippen LogP contribution in [0, 0.1) is 6.92 Å². The maximum atomic E-state index is 13.4. The summed E-state index contributed by atoms with van der Waals surface area (Å²) in [6.45, 7) is 1.86. The van der Waals surface area contributed by atoms with E-state index in [1.807, 2.05) is 49.4 Å². The quantitative estimate of drug-likeness (QED) is 0.279. The lowest BCUT2D eigenvalue weighted by Crippen LogP contribution is -2.15. The number of ketones is 1. The maximum Gasteiger partial charge on any atom is 0.275 e. The van der Waals surface area contributed by atoms with Crippen LogP contribution in [0.15, 0.2) is 83.3 Å². The minimum Gasteiger partial charge on any atom is -0.450 e. The second-order valence-electron chi connectivity index (χ2n) is 7.37. The minimum atomic E-state index is -0.407. The van der Waals surface area contributed by atoms with Gasteiger partial charge in [0.2, 0.25) is 5.78 Å². The van der Waals surface area contributed by atoms with Crippen molar-refractivity contribution in [3.8, 4) is 10.4 Å². The van der Waals surface area contributed by atoms with Gasteiger partial charge in [-0.3, -0.25) is 9.59 Å². The van der Waals surface area contributed by atoms with Crippen molar-refractivity contribution < 1.29 is 14.0 Å². The summed E-state index contributed by atoms with van der Waals surface area (Å²) < 4.78 is 5.89. The van der Waals surface area contributed by atoms with Crippen molar-refractivity contribution in [2.24, 2.45) is 0 Å². The first-order valence-electron chi connectivity index (χ1n) is 10.2. The van der Waals surface area contributed by atoms with Gasteiger partial charge in [0.05, 0.1) is 15.6 Å². The predicted molar refractivity (Wildman–Crippen MR) is 131 cm³/mol. The first-order valence-corrected chi connectivity index (χ1v) is 11.4. The molecule has 5 nitrogen and oxygen atoms in total. The first kappa shape index (κ1) is 21.1. The van der Waals surface area contributed by atoms with Crippen molar-refractivity contribution in [3.63, 3.8) is 0 Å². The number of thiazole rings is 1. The Morgan fingerprint density at radius 3 is 2.39 bits per heavy atom. The number of nitrogens with zero attached hydrogens (tertiary/aromatic N) is 1. The average molecular weight is 473 g/mol. The van der Waals surface area contributed by atoms with Crippen molar-refractivity contribution in [2.45, 2.75) is 6.92 Å². The van der Waals surface area contributed by atoms with Crippen molar-refractivity contribution in [2.75, 3.05) is 5.32 Å². The van der Waals surface area contributed by atoms with Crippen molar-refractivity contribution >= 4 is 51.3 Å². The largest absolute Gasteiger partial charge is 0.450 e. The van der Waals surface area contributed by atoms with Gasteiger partial charge in [0, 0.05) is 16.0 Å². The number of hydrogen-bond donors (Lipinski definition) is 1. The number of nitrogens with one attached hydrogen (secondary N) is 1. The molecule has 5 rings (SSSR count). The number of carbonyl (C=O) groups is 2. The van der Waals surface area contributed by atoms with Gasteiger partial charge < -0.3 is 9.73 Å². The number of para-hydroxylation sites is 1. The van der Waals surface area contributed by atoms with E-state index in [-0.39, 0.29) is 11.5 Å². The molecule has 0 bridgehead atoms. The number of hydrogen-bond acceptors (Lipinski definition) is 5. The monoisotopic (exact) mass is 472 g/mol. The van der Waals surface area contributed by atoms with Crippen LogP contribution >= 0.6 is 22.9 Å². The number of rotatable bonds is 5. The van der Waals surface area contributed by atoms with Crippen LogP contribution in [0.25, 0.3) is 21.4 Å². The fraction of sp³-hybridized carbons (Fsp3) is 0.0385. The molecule has 5 aromatic rings. The molecule has 1 amide bonds.